The lowest BCUT2D eigenvalue weighted by Crippen LogP contribution is -2.38. The Morgan fingerprint density at radius 2 is 1.80 bits per heavy atom. The minimum absolute atomic E-state index is 0.0730. The van der Waals surface area contributed by atoms with Gasteiger partial charge in [0.2, 0.25) is 10.0 Å². The van der Waals surface area contributed by atoms with Crippen molar-refractivity contribution in [1.29, 1.82) is 0 Å². The number of halogens is 1. The summed E-state index contributed by atoms with van der Waals surface area (Å²) in [7, 11) is -3.47. The Bertz CT molecular complexity index is 577. The second-order valence-corrected chi connectivity index (χ2v) is 7.75. The fourth-order valence-electron chi connectivity index (χ4n) is 2.36. The van der Waals surface area contributed by atoms with Crippen LogP contribution in [0.3, 0.4) is 0 Å². The predicted molar refractivity (Wildman–Crippen MR) is 77.9 cm³/mol. The highest BCUT2D eigenvalue weighted by molar-refractivity contribution is 9.10. The molecule has 1 aliphatic rings. The van der Waals surface area contributed by atoms with Crippen molar-refractivity contribution in [3.8, 4) is 0 Å². The first-order valence-corrected chi connectivity index (χ1v) is 8.60. The molecule has 0 aliphatic carbocycles. The van der Waals surface area contributed by atoms with Gasteiger partial charge >= 0.3 is 5.97 Å². The molecule has 0 saturated carbocycles. The van der Waals surface area contributed by atoms with Crippen LogP contribution in [0.1, 0.15) is 19.3 Å². The van der Waals surface area contributed by atoms with Gasteiger partial charge in [-0.25, -0.2) is 8.42 Å². The topological polar surface area (TPSA) is 74.7 Å². The summed E-state index contributed by atoms with van der Waals surface area (Å²) in [6.45, 7) is 0.771. The standard InChI is InChI=1S/C13H16BrNO4S/c14-11-1-3-12(4-2-11)20(18,19)15-7-5-10(6-8-15)9-13(16)17/h1-4,10H,5-9H2,(H,16,17). The predicted octanol–water partition coefficient (Wildman–Crippen LogP) is 2.32. The number of aliphatic carboxylic acids is 1. The summed E-state index contributed by atoms with van der Waals surface area (Å²) < 4.78 is 27.1. The minimum Gasteiger partial charge on any atom is -0.481 e. The molecule has 1 saturated heterocycles. The second kappa shape index (κ2) is 6.24. The van der Waals surface area contributed by atoms with Crippen molar-refractivity contribution in [3.63, 3.8) is 0 Å². The largest absolute Gasteiger partial charge is 0.481 e. The van der Waals surface area contributed by atoms with Crippen molar-refractivity contribution < 1.29 is 18.3 Å². The summed E-state index contributed by atoms with van der Waals surface area (Å²) in [5.41, 5.74) is 0. The van der Waals surface area contributed by atoms with E-state index < -0.39 is 16.0 Å². The average Bonchev–Trinajstić information content (AvgIpc) is 2.39. The Balaban J connectivity index is 2.05. The Morgan fingerprint density at radius 1 is 1.25 bits per heavy atom. The molecule has 0 amide bonds. The molecule has 1 heterocycles. The highest BCUT2D eigenvalue weighted by Gasteiger charge is 2.29. The molecule has 0 radical (unpaired) electrons. The van der Waals surface area contributed by atoms with Gasteiger partial charge in [-0.15, -0.1) is 0 Å². The third-order valence-corrected chi connectivity index (χ3v) is 5.93. The van der Waals surface area contributed by atoms with Crippen LogP contribution in [0.5, 0.6) is 0 Å². The van der Waals surface area contributed by atoms with E-state index in [4.69, 9.17) is 5.11 Å². The van der Waals surface area contributed by atoms with Gasteiger partial charge in [0.05, 0.1) is 4.90 Å². The van der Waals surface area contributed by atoms with Gasteiger partial charge in [0.15, 0.2) is 0 Å². The van der Waals surface area contributed by atoms with Gasteiger partial charge in [-0.2, -0.15) is 4.31 Å². The zero-order valence-corrected chi connectivity index (χ0v) is 13.2. The Morgan fingerprint density at radius 3 is 2.30 bits per heavy atom. The van der Waals surface area contributed by atoms with E-state index in [0.717, 1.165) is 4.47 Å². The summed E-state index contributed by atoms with van der Waals surface area (Å²) in [5.74, 6) is -0.747. The maximum atomic E-state index is 12.4. The molecule has 1 aromatic rings. The summed E-state index contributed by atoms with van der Waals surface area (Å²) in [6.07, 6.45) is 1.32. The molecule has 0 atom stereocenters. The molecule has 5 nitrogen and oxygen atoms in total. The van der Waals surface area contributed by atoms with Crippen molar-refractivity contribution in [3.05, 3.63) is 28.7 Å². The first kappa shape index (κ1) is 15.5. The van der Waals surface area contributed by atoms with E-state index in [0.29, 0.717) is 25.9 Å². The van der Waals surface area contributed by atoms with Crippen molar-refractivity contribution >= 4 is 31.9 Å². The Kier molecular flexibility index (Phi) is 4.82. The first-order chi connectivity index (χ1) is 9.39. The number of hydrogen-bond donors (Lipinski definition) is 1. The highest BCUT2D eigenvalue weighted by atomic mass is 79.9. The van der Waals surface area contributed by atoms with E-state index in [-0.39, 0.29) is 17.2 Å². The summed E-state index contributed by atoms with van der Waals surface area (Å²) in [6, 6.07) is 6.54. The van der Waals surface area contributed by atoms with Gasteiger partial charge in [-0.1, -0.05) is 15.9 Å². The maximum absolute atomic E-state index is 12.4. The third kappa shape index (κ3) is 3.59. The van der Waals surface area contributed by atoms with Crippen LogP contribution in [-0.2, 0) is 14.8 Å². The van der Waals surface area contributed by atoms with Gasteiger partial charge < -0.3 is 5.11 Å². The van der Waals surface area contributed by atoms with E-state index >= 15 is 0 Å². The number of sulfonamides is 1. The smallest absolute Gasteiger partial charge is 0.303 e. The number of hydrogen-bond acceptors (Lipinski definition) is 3. The van der Waals surface area contributed by atoms with Gasteiger partial charge in [-0.05, 0) is 43.0 Å². The van der Waals surface area contributed by atoms with E-state index in [1.807, 2.05) is 0 Å². The molecule has 0 aromatic heterocycles. The molecular formula is C13H16BrNO4S. The van der Waals surface area contributed by atoms with Crippen LogP contribution < -0.4 is 0 Å². The average molecular weight is 362 g/mol. The summed E-state index contributed by atoms with van der Waals surface area (Å²) in [5, 5.41) is 8.76. The molecular weight excluding hydrogens is 346 g/mol. The van der Waals surface area contributed by atoms with Crippen molar-refractivity contribution in [2.75, 3.05) is 13.1 Å². The van der Waals surface area contributed by atoms with Gasteiger partial charge in [-0.3, -0.25) is 4.79 Å². The lowest BCUT2D eigenvalue weighted by molar-refractivity contribution is -0.138. The van der Waals surface area contributed by atoms with Gasteiger partial charge in [0, 0.05) is 24.0 Å². The van der Waals surface area contributed by atoms with Crippen LogP contribution in [0.4, 0.5) is 0 Å². The van der Waals surface area contributed by atoms with E-state index in [9.17, 15) is 13.2 Å². The first-order valence-electron chi connectivity index (χ1n) is 6.37. The van der Waals surface area contributed by atoms with E-state index in [1.54, 1.807) is 24.3 Å². The molecule has 1 aliphatic heterocycles. The molecule has 0 unspecified atom stereocenters. The third-order valence-electron chi connectivity index (χ3n) is 3.49. The maximum Gasteiger partial charge on any atom is 0.303 e. The molecule has 1 aromatic carbocycles. The number of benzene rings is 1. The second-order valence-electron chi connectivity index (χ2n) is 4.90. The molecule has 0 bridgehead atoms. The van der Waals surface area contributed by atoms with Crippen LogP contribution >= 0.6 is 15.9 Å². The fraction of sp³-hybridized carbons (Fsp3) is 0.462. The highest BCUT2D eigenvalue weighted by Crippen LogP contribution is 2.26. The summed E-state index contributed by atoms with van der Waals surface area (Å²) in [4.78, 5) is 10.9. The van der Waals surface area contributed by atoms with Crippen molar-refractivity contribution in [2.24, 2.45) is 5.92 Å². The molecule has 110 valence electrons. The molecule has 20 heavy (non-hydrogen) atoms. The Hall–Kier alpha value is -0.920. The van der Waals surface area contributed by atoms with Crippen molar-refractivity contribution in [2.45, 2.75) is 24.2 Å². The number of carboxylic acid groups (broad SMARTS) is 1. The van der Waals surface area contributed by atoms with Gasteiger partial charge in [0.1, 0.15) is 0 Å². The SMILES string of the molecule is O=C(O)CC1CCN(S(=O)(=O)c2ccc(Br)cc2)CC1. The zero-order valence-electron chi connectivity index (χ0n) is 10.8. The minimum atomic E-state index is -3.47. The van der Waals surface area contributed by atoms with Crippen LogP contribution in [0.2, 0.25) is 0 Å². The molecule has 2 rings (SSSR count). The zero-order chi connectivity index (χ0) is 14.8. The van der Waals surface area contributed by atoms with Gasteiger partial charge in [0.25, 0.3) is 0 Å². The number of carbonyl (C=O) groups is 1. The molecule has 1 fully saturated rings. The van der Waals surface area contributed by atoms with E-state index in [2.05, 4.69) is 15.9 Å². The number of nitrogens with zero attached hydrogens (tertiary/aromatic N) is 1. The molecule has 7 heteroatoms. The molecule has 0 spiro atoms. The van der Waals surface area contributed by atoms with Crippen LogP contribution in [-0.4, -0.2) is 36.9 Å². The summed E-state index contributed by atoms with van der Waals surface area (Å²) >= 11 is 3.27. The Labute approximate surface area is 126 Å². The lowest BCUT2D eigenvalue weighted by atomic mass is 9.95. The fourth-order valence-corrected chi connectivity index (χ4v) is 4.09. The van der Waals surface area contributed by atoms with Crippen LogP contribution in [0, 0.1) is 5.92 Å². The number of carboxylic acids is 1. The number of piperidine rings is 1. The molecule has 1 N–H and O–H groups in total. The quantitative estimate of drug-likeness (QED) is 0.892. The monoisotopic (exact) mass is 361 g/mol. The van der Waals surface area contributed by atoms with Crippen molar-refractivity contribution in [1.82, 2.24) is 4.31 Å². The number of rotatable bonds is 4. The van der Waals surface area contributed by atoms with E-state index in [1.165, 1.54) is 4.31 Å². The lowest BCUT2D eigenvalue weighted by Gasteiger charge is -2.30. The van der Waals surface area contributed by atoms with Crippen LogP contribution in [0.15, 0.2) is 33.6 Å². The normalized spacial score (nSPS) is 18.1. The van der Waals surface area contributed by atoms with Crippen LogP contribution in [0.25, 0.3) is 0 Å².